The smallest absolute Gasteiger partial charge is 0.326 e. The second-order valence-electron chi connectivity index (χ2n) is 7.83. The zero-order valence-electron chi connectivity index (χ0n) is 16.7. The zero-order chi connectivity index (χ0) is 20.5. The molecule has 1 aromatic carbocycles. The number of H-pyrrole nitrogens is 1. The molecule has 0 radical (unpaired) electrons. The minimum Gasteiger partial charge on any atom is -0.497 e. The maximum absolute atomic E-state index is 12.5. The Labute approximate surface area is 172 Å². The lowest BCUT2D eigenvalue weighted by molar-refractivity contribution is 0.270. The summed E-state index contributed by atoms with van der Waals surface area (Å²) in [5.41, 5.74) is 2.49. The number of hydrogen-bond acceptors (Lipinski definition) is 6. The quantitative estimate of drug-likeness (QED) is 0.543. The van der Waals surface area contributed by atoms with Gasteiger partial charge >= 0.3 is 5.69 Å². The van der Waals surface area contributed by atoms with Crippen LogP contribution in [0.4, 0.5) is 0 Å². The van der Waals surface area contributed by atoms with Crippen molar-refractivity contribution in [3.8, 4) is 17.2 Å². The van der Waals surface area contributed by atoms with E-state index in [2.05, 4.69) is 20.2 Å². The average molecular weight is 405 g/mol. The van der Waals surface area contributed by atoms with Gasteiger partial charge in [0.2, 0.25) is 11.8 Å². The summed E-state index contributed by atoms with van der Waals surface area (Å²) in [6.45, 7) is 0.698. The van der Waals surface area contributed by atoms with E-state index in [0.29, 0.717) is 24.2 Å². The number of nitrogens with one attached hydrogen (secondary N) is 1. The van der Waals surface area contributed by atoms with E-state index in [1.807, 2.05) is 34.9 Å². The molecule has 8 heteroatoms. The lowest BCUT2D eigenvalue weighted by Crippen LogP contribution is -2.24. The fraction of sp³-hybridized carbons (Fsp3) is 0.364. The van der Waals surface area contributed by atoms with Gasteiger partial charge in [-0.15, -0.1) is 10.2 Å². The minimum atomic E-state index is -0.0709. The molecule has 3 heterocycles. The number of methoxy groups -OCH3 is 1. The van der Waals surface area contributed by atoms with Gasteiger partial charge in [-0.3, -0.25) is 9.55 Å². The second-order valence-corrected chi connectivity index (χ2v) is 7.83. The van der Waals surface area contributed by atoms with Crippen LogP contribution in [0.5, 0.6) is 5.75 Å². The maximum Gasteiger partial charge on any atom is 0.326 e. The number of pyridine rings is 1. The Hall–Kier alpha value is -3.42. The number of imidazole rings is 1. The largest absolute Gasteiger partial charge is 0.497 e. The fourth-order valence-corrected chi connectivity index (χ4v) is 4.30. The second kappa shape index (κ2) is 7.78. The van der Waals surface area contributed by atoms with E-state index in [1.54, 1.807) is 19.5 Å². The predicted octanol–water partition coefficient (Wildman–Crippen LogP) is 3.76. The first kappa shape index (κ1) is 18.6. The lowest BCUT2D eigenvalue weighted by Gasteiger charge is -2.26. The SMILES string of the molecule is COc1ccc2[nH]c(=O)n(CC3CCC(c4nnc(-c5cccnc5)o4)CC3)c2c1. The maximum atomic E-state index is 12.5. The molecule has 3 aromatic heterocycles. The van der Waals surface area contributed by atoms with Crippen molar-refractivity contribution in [1.29, 1.82) is 0 Å². The van der Waals surface area contributed by atoms with Gasteiger partial charge in [0.15, 0.2) is 0 Å². The molecule has 1 aliphatic rings. The van der Waals surface area contributed by atoms with Gasteiger partial charge in [0.05, 0.1) is 23.7 Å². The van der Waals surface area contributed by atoms with Gasteiger partial charge < -0.3 is 14.1 Å². The Morgan fingerprint density at radius 3 is 2.83 bits per heavy atom. The van der Waals surface area contributed by atoms with Crippen LogP contribution in [-0.4, -0.2) is 31.8 Å². The molecule has 1 fully saturated rings. The van der Waals surface area contributed by atoms with Crippen molar-refractivity contribution in [2.75, 3.05) is 7.11 Å². The van der Waals surface area contributed by atoms with Crippen molar-refractivity contribution < 1.29 is 9.15 Å². The molecule has 0 atom stereocenters. The Kier molecular flexibility index (Phi) is 4.82. The highest BCUT2D eigenvalue weighted by molar-refractivity contribution is 5.77. The number of fused-ring (bicyclic) bond motifs is 1. The molecule has 0 aliphatic heterocycles. The van der Waals surface area contributed by atoms with E-state index in [-0.39, 0.29) is 11.6 Å². The summed E-state index contributed by atoms with van der Waals surface area (Å²) in [7, 11) is 1.63. The first-order valence-electron chi connectivity index (χ1n) is 10.2. The van der Waals surface area contributed by atoms with E-state index in [9.17, 15) is 4.79 Å². The number of rotatable bonds is 5. The van der Waals surface area contributed by atoms with Gasteiger partial charge in [-0.25, -0.2) is 4.79 Å². The van der Waals surface area contributed by atoms with E-state index in [1.165, 1.54) is 0 Å². The average Bonchev–Trinajstić information content (AvgIpc) is 3.40. The van der Waals surface area contributed by atoms with Crippen LogP contribution in [0.2, 0.25) is 0 Å². The molecule has 154 valence electrons. The molecule has 1 aliphatic carbocycles. The third-order valence-corrected chi connectivity index (χ3v) is 5.97. The molecule has 30 heavy (non-hydrogen) atoms. The fourth-order valence-electron chi connectivity index (χ4n) is 4.30. The number of hydrogen-bond donors (Lipinski definition) is 1. The molecule has 0 bridgehead atoms. The highest BCUT2D eigenvalue weighted by Crippen LogP contribution is 2.37. The van der Waals surface area contributed by atoms with Crippen molar-refractivity contribution in [3.05, 3.63) is 59.1 Å². The number of nitrogens with zero attached hydrogens (tertiary/aromatic N) is 4. The zero-order valence-corrected chi connectivity index (χ0v) is 16.7. The molecule has 0 unspecified atom stereocenters. The van der Waals surface area contributed by atoms with Crippen LogP contribution >= 0.6 is 0 Å². The van der Waals surface area contributed by atoms with E-state index in [0.717, 1.165) is 48.0 Å². The van der Waals surface area contributed by atoms with Crippen molar-refractivity contribution in [2.45, 2.75) is 38.1 Å². The van der Waals surface area contributed by atoms with Crippen LogP contribution in [0.3, 0.4) is 0 Å². The first-order chi connectivity index (χ1) is 14.7. The molecular weight excluding hydrogens is 382 g/mol. The Morgan fingerprint density at radius 1 is 1.20 bits per heavy atom. The molecular formula is C22H23N5O3. The van der Waals surface area contributed by atoms with Crippen LogP contribution < -0.4 is 10.4 Å². The third-order valence-electron chi connectivity index (χ3n) is 5.97. The van der Waals surface area contributed by atoms with Gasteiger partial charge in [0.1, 0.15) is 5.75 Å². The molecule has 0 saturated heterocycles. The Bertz CT molecular complexity index is 1200. The predicted molar refractivity (Wildman–Crippen MR) is 111 cm³/mol. The van der Waals surface area contributed by atoms with Crippen LogP contribution in [0.15, 0.2) is 51.9 Å². The van der Waals surface area contributed by atoms with Gasteiger partial charge in [-0.1, -0.05) is 0 Å². The molecule has 5 rings (SSSR count). The topological polar surface area (TPSA) is 98.8 Å². The van der Waals surface area contributed by atoms with Crippen LogP contribution in [0, 0.1) is 5.92 Å². The van der Waals surface area contributed by atoms with Gasteiger partial charge in [-0.2, -0.15) is 0 Å². The van der Waals surface area contributed by atoms with Gasteiger partial charge in [0, 0.05) is 30.9 Å². The third kappa shape index (κ3) is 3.49. The summed E-state index contributed by atoms with van der Waals surface area (Å²) in [5, 5.41) is 8.46. The van der Waals surface area contributed by atoms with Crippen molar-refractivity contribution >= 4 is 11.0 Å². The first-order valence-corrected chi connectivity index (χ1v) is 10.2. The van der Waals surface area contributed by atoms with Crippen molar-refractivity contribution in [1.82, 2.24) is 24.7 Å². The summed E-state index contributed by atoms with van der Waals surface area (Å²) in [5.74, 6) is 2.66. The summed E-state index contributed by atoms with van der Waals surface area (Å²) < 4.78 is 13.1. The molecule has 1 N–H and O–H groups in total. The summed E-state index contributed by atoms with van der Waals surface area (Å²) in [6.07, 6.45) is 7.41. The highest BCUT2D eigenvalue weighted by atomic mass is 16.5. The number of aromatic nitrogens is 5. The van der Waals surface area contributed by atoms with E-state index < -0.39 is 0 Å². The summed E-state index contributed by atoms with van der Waals surface area (Å²) in [6, 6.07) is 9.43. The lowest BCUT2D eigenvalue weighted by atomic mass is 9.82. The molecule has 4 aromatic rings. The number of aromatic amines is 1. The molecule has 0 spiro atoms. The summed E-state index contributed by atoms with van der Waals surface area (Å²) >= 11 is 0. The standard InChI is InChI=1S/C22H23N5O3/c1-29-17-8-9-18-19(11-17)27(22(28)24-18)13-14-4-6-15(7-5-14)20-25-26-21(30-20)16-3-2-10-23-12-16/h2-3,8-12,14-15H,4-7,13H2,1H3,(H,24,28). The van der Waals surface area contributed by atoms with E-state index in [4.69, 9.17) is 9.15 Å². The number of ether oxygens (including phenoxy) is 1. The normalized spacial score (nSPS) is 19.2. The van der Waals surface area contributed by atoms with Crippen molar-refractivity contribution in [3.63, 3.8) is 0 Å². The van der Waals surface area contributed by atoms with Crippen LogP contribution in [-0.2, 0) is 6.54 Å². The molecule has 1 saturated carbocycles. The summed E-state index contributed by atoms with van der Waals surface area (Å²) in [4.78, 5) is 19.5. The van der Waals surface area contributed by atoms with Gasteiger partial charge in [-0.05, 0) is 55.9 Å². The minimum absolute atomic E-state index is 0.0709. The van der Waals surface area contributed by atoms with Crippen molar-refractivity contribution in [2.24, 2.45) is 5.92 Å². The number of benzene rings is 1. The van der Waals surface area contributed by atoms with E-state index >= 15 is 0 Å². The Balaban J connectivity index is 1.27. The monoisotopic (exact) mass is 405 g/mol. The van der Waals surface area contributed by atoms with Crippen LogP contribution in [0.25, 0.3) is 22.5 Å². The van der Waals surface area contributed by atoms with Crippen LogP contribution in [0.1, 0.15) is 37.5 Å². The van der Waals surface area contributed by atoms with Gasteiger partial charge in [0.25, 0.3) is 0 Å². The highest BCUT2D eigenvalue weighted by Gasteiger charge is 2.27. The Morgan fingerprint density at radius 2 is 2.07 bits per heavy atom. The molecule has 8 nitrogen and oxygen atoms in total. The molecule has 0 amide bonds.